The first-order valence-electron chi connectivity index (χ1n) is 9.46. The lowest BCUT2D eigenvalue weighted by molar-refractivity contribution is -0.688. The third kappa shape index (κ3) is 5.44. The molecular formula is C22H29N4S+. The molecule has 0 fully saturated rings. The van der Waals surface area contributed by atoms with Gasteiger partial charge in [-0.25, -0.2) is 4.57 Å². The van der Waals surface area contributed by atoms with E-state index in [1.165, 1.54) is 22.7 Å². The molecule has 1 aliphatic rings. The fourth-order valence-electron chi connectivity index (χ4n) is 3.04. The van der Waals surface area contributed by atoms with Crippen LogP contribution in [-0.4, -0.2) is 30.5 Å². The summed E-state index contributed by atoms with van der Waals surface area (Å²) in [4.78, 5) is 8.37. The molecule has 0 saturated carbocycles. The smallest absolute Gasteiger partial charge is 0.299 e. The molecule has 27 heavy (non-hydrogen) atoms. The molecule has 0 unspecified atom stereocenters. The van der Waals surface area contributed by atoms with Crippen LogP contribution in [0.3, 0.4) is 0 Å². The number of unbranched alkanes of at least 4 members (excludes halogenated alkanes) is 1. The number of aromatic nitrogens is 2. The summed E-state index contributed by atoms with van der Waals surface area (Å²) >= 11 is 1.77. The number of aryl methyl sites for hydroxylation is 2. The minimum atomic E-state index is 1.01. The van der Waals surface area contributed by atoms with Crippen molar-refractivity contribution in [3.05, 3.63) is 64.7 Å². The van der Waals surface area contributed by atoms with Crippen LogP contribution in [0.25, 0.3) is 6.08 Å². The summed E-state index contributed by atoms with van der Waals surface area (Å²) < 4.78 is 2.20. The van der Waals surface area contributed by atoms with E-state index in [1.54, 1.807) is 11.8 Å². The molecule has 1 aromatic heterocycles. The van der Waals surface area contributed by atoms with E-state index >= 15 is 0 Å². The van der Waals surface area contributed by atoms with Gasteiger partial charge in [-0.2, -0.15) is 0 Å². The van der Waals surface area contributed by atoms with E-state index in [0.29, 0.717) is 0 Å². The predicted molar refractivity (Wildman–Crippen MR) is 115 cm³/mol. The Morgan fingerprint density at radius 1 is 1.22 bits per heavy atom. The number of benzene rings is 1. The second-order valence-corrected chi connectivity index (χ2v) is 8.26. The summed E-state index contributed by atoms with van der Waals surface area (Å²) in [5.74, 6) is 1.15. The van der Waals surface area contributed by atoms with Crippen molar-refractivity contribution in [1.29, 1.82) is 0 Å². The molecular weight excluding hydrogens is 352 g/mol. The molecule has 3 rings (SSSR count). The molecule has 0 saturated heterocycles. The normalized spacial score (nSPS) is 14.9. The van der Waals surface area contributed by atoms with Gasteiger partial charge in [0.15, 0.2) is 5.69 Å². The summed E-state index contributed by atoms with van der Waals surface area (Å²) in [6.45, 7) is 3.27. The molecule has 0 aliphatic carbocycles. The Labute approximate surface area is 167 Å². The third-order valence-electron chi connectivity index (χ3n) is 4.67. The number of allylic oxidation sites excluding steroid dienone is 2. The first-order chi connectivity index (χ1) is 13.0. The first kappa shape index (κ1) is 19.6. The van der Waals surface area contributed by atoms with E-state index in [9.17, 15) is 0 Å². The molecule has 0 spiro atoms. The van der Waals surface area contributed by atoms with Crippen LogP contribution in [-0.2, 0) is 13.5 Å². The lowest BCUT2D eigenvalue weighted by Gasteiger charge is -2.08. The van der Waals surface area contributed by atoms with Crippen LogP contribution < -0.4 is 9.88 Å². The maximum absolute atomic E-state index is 4.86. The largest absolute Gasteiger partial charge is 0.349 e. The van der Waals surface area contributed by atoms with Crippen LogP contribution in [0.15, 0.2) is 52.4 Å². The number of nitrogens with one attached hydrogen (secondary N) is 1. The summed E-state index contributed by atoms with van der Waals surface area (Å²) in [5.41, 5.74) is 3.44. The second-order valence-electron chi connectivity index (χ2n) is 7.17. The van der Waals surface area contributed by atoms with E-state index in [-0.39, 0.29) is 0 Å². The molecule has 4 nitrogen and oxygen atoms in total. The molecule has 1 aromatic carbocycles. The Hall–Kier alpha value is -2.11. The molecule has 1 N–H and O–H groups in total. The van der Waals surface area contributed by atoms with E-state index in [4.69, 9.17) is 4.98 Å². The predicted octanol–water partition coefficient (Wildman–Crippen LogP) is 4.17. The number of para-hydroxylation sites is 1. The Morgan fingerprint density at radius 3 is 2.81 bits per heavy atom. The van der Waals surface area contributed by atoms with Gasteiger partial charge in [-0.1, -0.05) is 30.0 Å². The van der Waals surface area contributed by atoms with Crippen molar-refractivity contribution in [2.75, 3.05) is 26.0 Å². The lowest BCUT2D eigenvalue weighted by Crippen LogP contribution is -2.38. The van der Waals surface area contributed by atoms with Crippen molar-refractivity contribution in [3.63, 3.8) is 0 Å². The maximum Gasteiger partial charge on any atom is 0.299 e. The fourth-order valence-corrected chi connectivity index (χ4v) is 3.96. The second kappa shape index (κ2) is 9.20. The molecule has 142 valence electrons. The first-order valence-corrected chi connectivity index (χ1v) is 10.3. The standard InChI is InChI=1S/C22H28N4S/c1-17-16-18(23-21(26(17)4)13-7-8-15-25(2)3)10-9-14-22-24-19-11-5-6-12-20(19)27-22/h5-6,9-12,14,16H,7-8,13,15H2,1-4H3/p+1. The highest BCUT2D eigenvalue weighted by Gasteiger charge is 2.15. The van der Waals surface area contributed by atoms with E-state index in [2.05, 4.69) is 91.4 Å². The van der Waals surface area contributed by atoms with Crippen molar-refractivity contribution in [2.45, 2.75) is 31.1 Å². The van der Waals surface area contributed by atoms with Gasteiger partial charge in [0.05, 0.1) is 24.2 Å². The van der Waals surface area contributed by atoms with Crippen LogP contribution in [0.4, 0.5) is 5.69 Å². The molecule has 0 radical (unpaired) electrons. The highest BCUT2D eigenvalue weighted by atomic mass is 32.2. The van der Waals surface area contributed by atoms with Gasteiger partial charge < -0.3 is 10.2 Å². The van der Waals surface area contributed by atoms with Crippen LogP contribution in [0.5, 0.6) is 0 Å². The summed E-state index contributed by atoms with van der Waals surface area (Å²) in [5, 5.41) is 4.59. The van der Waals surface area contributed by atoms with Gasteiger partial charge in [-0.3, -0.25) is 0 Å². The van der Waals surface area contributed by atoms with Crippen LogP contribution in [0.2, 0.25) is 0 Å². The zero-order valence-corrected chi connectivity index (χ0v) is 17.5. The van der Waals surface area contributed by atoms with Gasteiger partial charge in [0, 0.05) is 11.0 Å². The van der Waals surface area contributed by atoms with Crippen molar-refractivity contribution < 1.29 is 4.57 Å². The van der Waals surface area contributed by atoms with E-state index < -0.39 is 0 Å². The van der Waals surface area contributed by atoms with Gasteiger partial charge in [-0.05, 0) is 69.7 Å². The van der Waals surface area contributed by atoms with Crippen molar-refractivity contribution in [3.8, 4) is 0 Å². The summed E-state index contributed by atoms with van der Waals surface area (Å²) in [6, 6.07) is 10.5. The van der Waals surface area contributed by atoms with Crippen LogP contribution >= 0.6 is 11.8 Å². The monoisotopic (exact) mass is 381 g/mol. The Bertz CT molecular complexity index is 828. The minimum absolute atomic E-state index is 1.01. The number of fused-ring (bicyclic) bond motifs is 1. The quantitative estimate of drug-likeness (QED) is 0.576. The van der Waals surface area contributed by atoms with Gasteiger partial charge in [0.2, 0.25) is 0 Å². The summed E-state index contributed by atoms with van der Waals surface area (Å²) in [7, 11) is 6.35. The highest BCUT2D eigenvalue weighted by Crippen LogP contribution is 2.40. The van der Waals surface area contributed by atoms with Crippen LogP contribution in [0.1, 0.15) is 30.1 Å². The Balaban J connectivity index is 1.64. The summed E-state index contributed by atoms with van der Waals surface area (Å²) in [6.07, 6.45) is 9.66. The van der Waals surface area contributed by atoms with Crippen molar-refractivity contribution in [1.82, 2.24) is 9.88 Å². The van der Waals surface area contributed by atoms with Gasteiger partial charge >= 0.3 is 0 Å². The molecule has 0 amide bonds. The number of nitrogens with zero attached hydrogens (tertiary/aromatic N) is 3. The van der Waals surface area contributed by atoms with Crippen molar-refractivity contribution in [2.24, 2.45) is 7.05 Å². The molecule has 0 bridgehead atoms. The number of hydrogen-bond acceptors (Lipinski definition) is 4. The third-order valence-corrected chi connectivity index (χ3v) is 5.70. The van der Waals surface area contributed by atoms with Gasteiger partial charge in [-0.15, -0.1) is 0 Å². The number of anilines is 1. The van der Waals surface area contributed by atoms with E-state index in [1.807, 2.05) is 0 Å². The number of hydrogen-bond donors (Lipinski definition) is 1. The molecule has 0 atom stereocenters. The topological polar surface area (TPSA) is 32.0 Å². The highest BCUT2D eigenvalue weighted by molar-refractivity contribution is 8.03. The van der Waals surface area contributed by atoms with Gasteiger partial charge in [0.1, 0.15) is 5.69 Å². The average Bonchev–Trinajstić information content (AvgIpc) is 3.05. The SMILES string of the molecule is Cc1cc(/C=C/C=C2\Nc3ccccc3S2)nc(CCCCN(C)C)[n+]1C. The fraction of sp³-hybridized carbons (Fsp3) is 0.364. The van der Waals surface area contributed by atoms with Crippen molar-refractivity contribution >= 4 is 23.5 Å². The van der Waals surface area contributed by atoms with Gasteiger partial charge in [0.25, 0.3) is 5.82 Å². The molecule has 2 heterocycles. The Morgan fingerprint density at radius 2 is 2.04 bits per heavy atom. The number of rotatable bonds is 7. The zero-order valence-electron chi connectivity index (χ0n) is 16.7. The minimum Gasteiger partial charge on any atom is -0.349 e. The average molecular weight is 382 g/mol. The maximum atomic E-state index is 4.86. The van der Waals surface area contributed by atoms with Crippen LogP contribution in [0, 0.1) is 6.92 Å². The lowest BCUT2D eigenvalue weighted by atomic mass is 10.2. The van der Waals surface area contributed by atoms with E-state index in [0.717, 1.165) is 35.9 Å². The zero-order chi connectivity index (χ0) is 19.2. The molecule has 1 aliphatic heterocycles. The molecule has 5 heteroatoms. The number of thioether (sulfide) groups is 1. The Kier molecular flexibility index (Phi) is 6.69. The molecule has 2 aromatic rings.